The number of nitrogens with zero attached hydrogens (tertiary/aromatic N) is 2. The van der Waals surface area contributed by atoms with Gasteiger partial charge in [-0.05, 0) is 47.2 Å². The molecule has 148 valence electrons. The van der Waals surface area contributed by atoms with Crippen LogP contribution in [0.25, 0.3) is 10.4 Å². The third-order valence-electron chi connectivity index (χ3n) is 5.03. The SMILES string of the molecule is N#Cc1cccc(S(=O)(=O)N[C@@H]2CCN(Cc3ccc(-c4cccs4)cc3)C2)c1. The lowest BCUT2D eigenvalue weighted by Gasteiger charge is -2.17. The maximum Gasteiger partial charge on any atom is 0.240 e. The lowest BCUT2D eigenvalue weighted by molar-refractivity contribution is 0.324. The Balaban J connectivity index is 1.36. The van der Waals surface area contributed by atoms with Crippen LogP contribution in [-0.4, -0.2) is 32.4 Å². The van der Waals surface area contributed by atoms with Crippen LogP contribution in [0, 0.1) is 11.3 Å². The van der Waals surface area contributed by atoms with Gasteiger partial charge >= 0.3 is 0 Å². The molecule has 0 unspecified atom stereocenters. The summed E-state index contributed by atoms with van der Waals surface area (Å²) in [5, 5.41) is 11.1. The maximum absolute atomic E-state index is 12.6. The van der Waals surface area contributed by atoms with E-state index in [1.165, 1.54) is 28.1 Å². The van der Waals surface area contributed by atoms with Crippen LogP contribution in [0.2, 0.25) is 0 Å². The Morgan fingerprint density at radius 3 is 2.69 bits per heavy atom. The topological polar surface area (TPSA) is 73.2 Å². The lowest BCUT2D eigenvalue weighted by atomic mass is 10.1. The molecule has 1 aromatic heterocycles. The average Bonchev–Trinajstić information content (AvgIpc) is 3.41. The minimum absolute atomic E-state index is 0.129. The third-order valence-corrected chi connectivity index (χ3v) is 7.47. The van der Waals surface area contributed by atoms with E-state index in [4.69, 9.17) is 5.26 Å². The summed E-state index contributed by atoms with van der Waals surface area (Å²) in [5.41, 5.74) is 2.78. The molecule has 0 bridgehead atoms. The first-order valence-electron chi connectivity index (χ1n) is 9.41. The molecule has 29 heavy (non-hydrogen) atoms. The molecule has 1 atom stereocenters. The fraction of sp³-hybridized carbons (Fsp3) is 0.227. The van der Waals surface area contributed by atoms with Gasteiger partial charge in [0, 0.05) is 30.6 Å². The fourth-order valence-electron chi connectivity index (χ4n) is 3.57. The van der Waals surface area contributed by atoms with Gasteiger partial charge in [-0.1, -0.05) is 36.4 Å². The van der Waals surface area contributed by atoms with E-state index >= 15 is 0 Å². The number of nitrogens with one attached hydrogen (secondary N) is 1. The minimum atomic E-state index is -3.63. The van der Waals surface area contributed by atoms with Crippen LogP contribution >= 0.6 is 11.3 Å². The van der Waals surface area contributed by atoms with Crippen molar-refractivity contribution < 1.29 is 8.42 Å². The molecule has 7 heteroatoms. The Labute approximate surface area is 175 Å². The van der Waals surface area contributed by atoms with Crippen molar-refractivity contribution in [3.05, 3.63) is 77.2 Å². The van der Waals surface area contributed by atoms with Crippen molar-refractivity contribution >= 4 is 21.4 Å². The summed E-state index contributed by atoms with van der Waals surface area (Å²) in [6.07, 6.45) is 0.768. The van der Waals surface area contributed by atoms with Crippen LogP contribution in [0.15, 0.2) is 70.9 Å². The summed E-state index contributed by atoms with van der Waals surface area (Å²) in [6.45, 7) is 2.31. The number of benzene rings is 2. The zero-order valence-corrected chi connectivity index (χ0v) is 17.4. The highest BCUT2D eigenvalue weighted by Gasteiger charge is 2.27. The zero-order valence-electron chi connectivity index (χ0n) is 15.8. The predicted molar refractivity (Wildman–Crippen MR) is 115 cm³/mol. The molecule has 0 saturated carbocycles. The van der Waals surface area contributed by atoms with Crippen molar-refractivity contribution in [2.24, 2.45) is 0 Å². The van der Waals surface area contributed by atoms with Gasteiger partial charge in [-0.25, -0.2) is 13.1 Å². The molecular formula is C22H21N3O2S2. The van der Waals surface area contributed by atoms with Crippen LogP contribution in [0.5, 0.6) is 0 Å². The number of rotatable bonds is 6. The fourth-order valence-corrected chi connectivity index (χ4v) is 5.61. The van der Waals surface area contributed by atoms with Crippen molar-refractivity contribution in [2.45, 2.75) is 23.9 Å². The molecule has 2 aromatic carbocycles. The first-order valence-corrected chi connectivity index (χ1v) is 11.8. The van der Waals surface area contributed by atoms with Gasteiger partial charge in [0.15, 0.2) is 0 Å². The van der Waals surface area contributed by atoms with Crippen LogP contribution < -0.4 is 4.72 Å². The standard InChI is InChI=1S/C22H21N3O2S2/c23-14-18-3-1-4-21(13-18)29(26,27)24-20-10-11-25(16-20)15-17-6-8-19(9-7-17)22-5-2-12-28-22/h1-9,12-13,20,24H,10-11,15-16H2/t20-/m1/s1. The Kier molecular flexibility index (Phi) is 5.79. The molecule has 4 rings (SSSR count). The van der Waals surface area contributed by atoms with E-state index < -0.39 is 10.0 Å². The molecule has 0 radical (unpaired) electrons. The summed E-state index contributed by atoms with van der Waals surface area (Å²) in [4.78, 5) is 3.66. The van der Waals surface area contributed by atoms with E-state index in [-0.39, 0.29) is 10.9 Å². The summed E-state index contributed by atoms with van der Waals surface area (Å²) >= 11 is 1.73. The second-order valence-electron chi connectivity index (χ2n) is 7.16. The highest BCUT2D eigenvalue weighted by atomic mass is 32.2. The molecule has 0 aliphatic carbocycles. The molecule has 0 spiro atoms. The van der Waals surface area contributed by atoms with Crippen molar-refractivity contribution in [3.8, 4) is 16.5 Å². The molecule has 1 N–H and O–H groups in total. The van der Waals surface area contributed by atoms with Crippen molar-refractivity contribution in [3.63, 3.8) is 0 Å². The summed E-state index contributed by atoms with van der Waals surface area (Å²) < 4.78 is 28.1. The molecule has 5 nitrogen and oxygen atoms in total. The van der Waals surface area contributed by atoms with Gasteiger partial charge in [0.1, 0.15) is 0 Å². The van der Waals surface area contributed by atoms with E-state index in [0.717, 1.165) is 19.5 Å². The van der Waals surface area contributed by atoms with Crippen molar-refractivity contribution in [2.75, 3.05) is 13.1 Å². The number of hydrogen-bond acceptors (Lipinski definition) is 5. The Hall–Kier alpha value is -2.50. The summed E-state index contributed by atoms with van der Waals surface area (Å²) in [5.74, 6) is 0. The Morgan fingerprint density at radius 2 is 1.97 bits per heavy atom. The van der Waals surface area contributed by atoms with Gasteiger partial charge in [0.05, 0.1) is 16.5 Å². The highest BCUT2D eigenvalue weighted by molar-refractivity contribution is 7.89. The molecule has 0 amide bonds. The van der Waals surface area contributed by atoms with Crippen LogP contribution in [0.4, 0.5) is 0 Å². The molecule has 2 heterocycles. The average molecular weight is 424 g/mol. The van der Waals surface area contributed by atoms with Gasteiger partial charge in [-0.2, -0.15) is 5.26 Å². The Bertz CT molecular complexity index is 1120. The molecular weight excluding hydrogens is 402 g/mol. The van der Waals surface area contributed by atoms with Gasteiger partial charge in [-0.3, -0.25) is 4.90 Å². The van der Waals surface area contributed by atoms with Crippen molar-refractivity contribution in [1.82, 2.24) is 9.62 Å². The number of thiophene rings is 1. The van der Waals surface area contributed by atoms with Crippen molar-refractivity contribution in [1.29, 1.82) is 5.26 Å². The largest absolute Gasteiger partial charge is 0.297 e. The van der Waals surface area contributed by atoms with Gasteiger partial charge in [-0.15, -0.1) is 11.3 Å². The minimum Gasteiger partial charge on any atom is -0.297 e. The van der Waals surface area contributed by atoms with Crippen LogP contribution in [0.3, 0.4) is 0 Å². The van der Waals surface area contributed by atoms with E-state index in [0.29, 0.717) is 12.1 Å². The van der Waals surface area contributed by atoms with Crippen LogP contribution in [0.1, 0.15) is 17.5 Å². The van der Waals surface area contributed by atoms with Gasteiger partial charge in [0.25, 0.3) is 0 Å². The van der Waals surface area contributed by atoms with E-state index in [2.05, 4.69) is 51.4 Å². The molecule has 1 aliphatic heterocycles. The Morgan fingerprint density at radius 1 is 1.14 bits per heavy atom. The second-order valence-corrected chi connectivity index (χ2v) is 9.82. The maximum atomic E-state index is 12.6. The third kappa shape index (κ3) is 4.74. The van der Waals surface area contributed by atoms with Crippen LogP contribution in [-0.2, 0) is 16.6 Å². The quantitative estimate of drug-likeness (QED) is 0.654. The van der Waals surface area contributed by atoms with E-state index in [1.807, 2.05) is 6.07 Å². The summed E-state index contributed by atoms with van der Waals surface area (Å²) in [6, 6.07) is 20.7. The number of sulfonamides is 1. The first kappa shape index (κ1) is 19.8. The monoisotopic (exact) mass is 423 g/mol. The second kappa shape index (κ2) is 8.47. The number of likely N-dealkylation sites (tertiary alicyclic amines) is 1. The van der Waals surface area contributed by atoms with E-state index in [9.17, 15) is 8.42 Å². The molecule has 1 fully saturated rings. The number of nitriles is 1. The van der Waals surface area contributed by atoms with Gasteiger partial charge < -0.3 is 0 Å². The molecule has 1 aliphatic rings. The summed E-state index contributed by atoms with van der Waals surface area (Å²) in [7, 11) is -3.63. The normalized spacial score (nSPS) is 17.3. The zero-order chi connectivity index (χ0) is 20.3. The van der Waals surface area contributed by atoms with E-state index in [1.54, 1.807) is 23.5 Å². The van der Waals surface area contributed by atoms with Gasteiger partial charge in [0.2, 0.25) is 10.0 Å². The lowest BCUT2D eigenvalue weighted by Crippen LogP contribution is -2.37. The highest BCUT2D eigenvalue weighted by Crippen LogP contribution is 2.25. The first-order chi connectivity index (χ1) is 14.0. The smallest absolute Gasteiger partial charge is 0.240 e. The molecule has 3 aromatic rings. The predicted octanol–water partition coefficient (Wildman–Crippen LogP) is 3.84. The number of hydrogen-bond donors (Lipinski definition) is 1. The molecule has 1 saturated heterocycles.